The third-order valence-corrected chi connectivity index (χ3v) is 3.01. The minimum atomic E-state index is -0.351. The first-order chi connectivity index (χ1) is 8.04. The Morgan fingerprint density at radius 1 is 1.18 bits per heavy atom. The highest BCUT2D eigenvalue weighted by Crippen LogP contribution is 2.28. The van der Waals surface area contributed by atoms with Crippen LogP contribution in [0.4, 0.5) is 21.5 Å². The van der Waals surface area contributed by atoms with Crippen LogP contribution in [0.2, 0.25) is 0 Å². The Kier molecular flexibility index (Phi) is 3.33. The number of nitrogens with two attached hydrogens (primary N) is 1. The number of aryl methyl sites for hydroxylation is 1. The van der Waals surface area contributed by atoms with Crippen molar-refractivity contribution in [1.82, 2.24) is 0 Å². The number of anilines is 3. The van der Waals surface area contributed by atoms with Crippen molar-refractivity contribution in [3.05, 3.63) is 52.3 Å². The van der Waals surface area contributed by atoms with E-state index in [1.807, 2.05) is 25.1 Å². The van der Waals surface area contributed by atoms with Crippen LogP contribution in [0.5, 0.6) is 0 Å². The Morgan fingerprint density at radius 3 is 2.65 bits per heavy atom. The van der Waals surface area contributed by atoms with Crippen molar-refractivity contribution < 1.29 is 4.39 Å². The largest absolute Gasteiger partial charge is 0.399 e. The van der Waals surface area contributed by atoms with Crippen LogP contribution in [0.3, 0.4) is 0 Å². The van der Waals surface area contributed by atoms with Gasteiger partial charge in [0.2, 0.25) is 0 Å². The molecule has 4 heteroatoms. The second kappa shape index (κ2) is 4.75. The maximum Gasteiger partial charge on any atom is 0.127 e. The number of benzene rings is 2. The highest BCUT2D eigenvalue weighted by molar-refractivity contribution is 9.10. The second-order valence-corrected chi connectivity index (χ2v) is 4.74. The number of halogens is 2. The fraction of sp³-hybridized carbons (Fsp3) is 0.0769. The van der Waals surface area contributed by atoms with Crippen LogP contribution in [0.1, 0.15) is 5.56 Å². The molecule has 0 fully saturated rings. The van der Waals surface area contributed by atoms with Crippen molar-refractivity contribution in [1.29, 1.82) is 0 Å². The van der Waals surface area contributed by atoms with Gasteiger partial charge in [-0.1, -0.05) is 6.07 Å². The Bertz CT molecular complexity index is 535. The second-order valence-electron chi connectivity index (χ2n) is 3.88. The standard InChI is InChI=1S/C13H12BrFN2/c1-8-2-3-12(14)13(4-8)17-11-6-9(15)5-10(16)7-11/h2-7,17H,16H2,1H3. The molecule has 2 aromatic rings. The molecule has 2 aromatic carbocycles. The molecular formula is C13H12BrFN2. The maximum atomic E-state index is 13.2. The topological polar surface area (TPSA) is 38.0 Å². The summed E-state index contributed by atoms with van der Waals surface area (Å²) >= 11 is 3.44. The van der Waals surface area contributed by atoms with Gasteiger partial charge in [0.15, 0.2) is 0 Å². The lowest BCUT2D eigenvalue weighted by molar-refractivity contribution is 0.629. The molecule has 0 radical (unpaired) electrons. The van der Waals surface area contributed by atoms with E-state index in [0.717, 1.165) is 15.7 Å². The first-order valence-corrected chi connectivity index (χ1v) is 5.93. The third-order valence-electron chi connectivity index (χ3n) is 2.32. The maximum absolute atomic E-state index is 13.2. The number of nitrogen functional groups attached to an aromatic ring is 1. The molecule has 2 rings (SSSR count). The van der Waals surface area contributed by atoms with E-state index in [1.165, 1.54) is 12.1 Å². The molecule has 0 unspecified atom stereocenters. The Labute approximate surface area is 108 Å². The first kappa shape index (κ1) is 11.9. The average Bonchev–Trinajstić information content (AvgIpc) is 2.22. The molecule has 0 bridgehead atoms. The minimum Gasteiger partial charge on any atom is -0.399 e. The van der Waals surface area contributed by atoms with Gasteiger partial charge in [-0.3, -0.25) is 0 Å². The summed E-state index contributed by atoms with van der Waals surface area (Å²) in [6.07, 6.45) is 0. The molecule has 0 spiro atoms. The Balaban J connectivity index is 2.34. The lowest BCUT2D eigenvalue weighted by atomic mass is 10.2. The molecule has 0 aliphatic rings. The molecule has 0 aromatic heterocycles. The van der Waals surface area contributed by atoms with Crippen molar-refractivity contribution in [3.63, 3.8) is 0 Å². The molecule has 0 saturated carbocycles. The van der Waals surface area contributed by atoms with Crippen molar-refractivity contribution in [2.75, 3.05) is 11.1 Å². The summed E-state index contributed by atoms with van der Waals surface area (Å²) < 4.78 is 14.1. The van der Waals surface area contributed by atoms with Crippen molar-refractivity contribution in [2.45, 2.75) is 6.92 Å². The van der Waals surface area contributed by atoms with Crippen LogP contribution in [-0.2, 0) is 0 Å². The lowest BCUT2D eigenvalue weighted by Gasteiger charge is -2.10. The SMILES string of the molecule is Cc1ccc(Br)c(Nc2cc(N)cc(F)c2)c1. The zero-order valence-corrected chi connectivity index (χ0v) is 10.9. The molecule has 0 aliphatic heterocycles. The summed E-state index contributed by atoms with van der Waals surface area (Å²) in [4.78, 5) is 0. The van der Waals surface area contributed by atoms with Crippen molar-refractivity contribution in [3.8, 4) is 0 Å². The molecule has 3 N–H and O–H groups in total. The van der Waals surface area contributed by atoms with E-state index in [1.54, 1.807) is 6.07 Å². The smallest absolute Gasteiger partial charge is 0.127 e. The molecule has 0 saturated heterocycles. The summed E-state index contributed by atoms with van der Waals surface area (Å²) in [6.45, 7) is 2.00. The van der Waals surface area contributed by atoms with Gasteiger partial charge in [0.25, 0.3) is 0 Å². The normalized spacial score (nSPS) is 10.3. The highest BCUT2D eigenvalue weighted by atomic mass is 79.9. The van der Waals surface area contributed by atoms with Gasteiger partial charge in [-0.2, -0.15) is 0 Å². The zero-order chi connectivity index (χ0) is 12.4. The van der Waals surface area contributed by atoms with Gasteiger partial charge in [-0.15, -0.1) is 0 Å². The van der Waals surface area contributed by atoms with Crippen molar-refractivity contribution >= 4 is 33.0 Å². The van der Waals surface area contributed by atoms with Crippen molar-refractivity contribution in [2.24, 2.45) is 0 Å². The van der Waals surface area contributed by atoms with Gasteiger partial charge in [0.1, 0.15) is 5.82 Å². The fourth-order valence-corrected chi connectivity index (χ4v) is 1.92. The van der Waals surface area contributed by atoms with Gasteiger partial charge in [-0.05, 0) is 58.7 Å². The van der Waals surface area contributed by atoms with E-state index in [-0.39, 0.29) is 5.82 Å². The predicted octanol–water partition coefficient (Wildman–Crippen LogP) is 4.22. The van der Waals surface area contributed by atoms with E-state index in [0.29, 0.717) is 11.4 Å². The summed E-state index contributed by atoms with van der Waals surface area (Å²) in [5.41, 5.74) is 8.63. The van der Waals surface area contributed by atoms with Gasteiger partial charge < -0.3 is 11.1 Å². The van der Waals surface area contributed by atoms with Crippen LogP contribution in [-0.4, -0.2) is 0 Å². The zero-order valence-electron chi connectivity index (χ0n) is 9.30. The van der Waals surface area contributed by atoms with Crippen LogP contribution in [0.15, 0.2) is 40.9 Å². The number of hydrogen-bond donors (Lipinski definition) is 2. The van der Waals surface area contributed by atoms with E-state index in [2.05, 4.69) is 21.2 Å². The molecule has 0 heterocycles. The number of nitrogens with one attached hydrogen (secondary N) is 1. The molecule has 2 nitrogen and oxygen atoms in total. The summed E-state index contributed by atoms with van der Waals surface area (Å²) in [5, 5.41) is 3.13. The van der Waals surface area contributed by atoms with Gasteiger partial charge in [0, 0.05) is 15.8 Å². The molecule has 17 heavy (non-hydrogen) atoms. The monoisotopic (exact) mass is 294 g/mol. The Morgan fingerprint density at radius 2 is 1.94 bits per heavy atom. The number of rotatable bonds is 2. The van der Waals surface area contributed by atoms with E-state index >= 15 is 0 Å². The fourth-order valence-electron chi connectivity index (χ4n) is 1.57. The quantitative estimate of drug-likeness (QED) is 0.814. The van der Waals surface area contributed by atoms with Crippen LogP contribution < -0.4 is 11.1 Å². The molecule has 0 aliphatic carbocycles. The Hall–Kier alpha value is -1.55. The van der Waals surface area contributed by atoms with E-state index in [9.17, 15) is 4.39 Å². The predicted molar refractivity (Wildman–Crippen MR) is 73.0 cm³/mol. The minimum absolute atomic E-state index is 0.351. The van der Waals surface area contributed by atoms with Crippen LogP contribution >= 0.6 is 15.9 Å². The van der Waals surface area contributed by atoms with Crippen LogP contribution in [0, 0.1) is 12.7 Å². The summed E-state index contributed by atoms with van der Waals surface area (Å²) in [5.74, 6) is -0.351. The number of hydrogen-bond acceptors (Lipinski definition) is 2. The summed E-state index contributed by atoms with van der Waals surface area (Å²) in [7, 11) is 0. The molecule has 0 atom stereocenters. The van der Waals surface area contributed by atoms with E-state index < -0.39 is 0 Å². The third kappa shape index (κ3) is 2.97. The highest BCUT2D eigenvalue weighted by Gasteiger charge is 2.03. The average molecular weight is 295 g/mol. The lowest BCUT2D eigenvalue weighted by Crippen LogP contribution is -1.95. The van der Waals surface area contributed by atoms with Gasteiger partial charge in [-0.25, -0.2) is 4.39 Å². The molecular weight excluding hydrogens is 283 g/mol. The van der Waals surface area contributed by atoms with Gasteiger partial charge in [0.05, 0.1) is 5.69 Å². The molecule has 0 amide bonds. The van der Waals surface area contributed by atoms with E-state index in [4.69, 9.17) is 5.73 Å². The van der Waals surface area contributed by atoms with Gasteiger partial charge >= 0.3 is 0 Å². The molecule has 88 valence electrons. The summed E-state index contributed by atoms with van der Waals surface area (Å²) in [6, 6.07) is 10.3. The first-order valence-electron chi connectivity index (χ1n) is 5.14. The van der Waals surface area contributed by atoms with Crippen LogP contribution in [0.25, 0.3) is 0 Å².